The molecule has 138 valence electrons. The fourth-order valence-corrected chi connectivity index (χ4v) is 6.38. The fraction of sp³-hybridized carbons (Fsp3) is 0.727. The number of carboxylic acid groups (broad SMARTS) is 1. The van der Waals surface area contributed by atoms with E-state index < -0.39 is 5.97 Å². The molecule has 3 heteroatoms. The molecule has 3 aliphatic rings. The molecule has 0 spiro atoms. The number of carboxylic acids is 1. The van der Waals surface area contributed by atoms with Crippen molar-refractivity contribution in [3.05, 3.63) is 23.8 Å². The van der Waals surface area contributed by atoms with Gasteiger partial charge in [-0.25, -0.2) is 0 Å². The van der Waals surface area contributed by atoms with Crippen LogP contribution in [0.5, 0.6) is 0 Å². The van der Waals surface area contributed by atoms with Crippen LogP contribution in [-0.2, 0) is 9.59 Å². The smallest absolute Gasteiger partial charge is 0.303 e. The van der Waals surface area contributed by atoms with Crippen LogP contribution in [-0.4, -0.2) is 16.9 Å². The Morgan fingerprint density at radius 2 is 2.00 bits per heavy atom. The third kappa shape index (κ3) is 2.45. The van der Waals surface area contributed by atoms with Crippen LogP contribution in [0.1, 0.15) is 72.6 Å². The molecule has 0 aromatic carbocycles. The van der Waals surface area contributed by atoms with Crippen molar-refractivity contribution in [1.29, 1.82) is 0 Å². The highest BCUT2D eigenvalue weighted by molar-refractivity contribution is 5.88. The molecular weight excluding hydrogens is 312 g/mol. The van der Waals surface area contributed by atoms with Gasteiger partial charge >= 0.3 is 5.97 Å². The lowest BCUT2D eigenvalue weighted by molar-refractivity contribution is -0.137. The van der Waals surface area contributed by atoms with E-state index in [1.54, 1.807) is 0 Å². The zero-order valence-electron chi connectivity index (χ0n) is 16.2. The van der Waals surface area contributed by atoms with E-state index in [9.17, 15) is 14.7 Å². The molecule has 3 rings (SSSR count). The molecule has 1 N–H and O–H groups in total. The van der Waals surface area contributed by atoms with E-state index in [0.717, 1.165) is 31.3 Å². The van der Waals surface area contributed by atoms with Crippen molar-refractivity contribution < 1.29 is 14.7 Å². The van der Waals surface area contributed by atoms with Crippen molar-refractivity contribution in [2.24, 2.45) is 28.1 Å². The molecule has 0 amide bonds. The maximum Gasteiger partial charge on any atom is 0.303 e. The molecule has 3 nitrogen and oxygen atoms in total. The Bertz CT molecular complexity index is 660. The minimum absolute atomic E-state index is 0.0126. The maximum atomic E-state index is 12.6. The first-order valence-corrected chi connectivity index (χ1v) is 9.67. The number of allylic oxidation sites excluding steroid dienone is 3. The summed E-state index contributed by atoms with van der Waals surface area (Å²) >= 11 is 0. The van der Waals surface area contributed by atoms with Gasteiger partial charge in [0.15, 0.2) is 0 Å². The highest BCUT2D eigenvalue weighted by Gasteiger charge is 2.62. The summed E-state index contributed by atoms with van der Waals surface area (Å²) in [6.07, 6.45) is 7.77. The fourth-order valence-electron chi connectivity index (χ4n) is 6.38. The van der Waals surface area contributed by atoms with E-state index in [-0.39, 0.29) is 22.7 Å². The summed E-state index contributed by atoms with van der Waals surface area (Å²) < 4.78 is 0. The quantitative estimate of drug-likeness (QED) is 0.716. The number of hydrogen-bond donors (Lipinski definition) is 1. The van der Waals surface area contributed by atoms with Crippen LogP contribution in [0.2, 0.25) is 0 Å². The number of Topliss-reactive ketones (excluding diaryl/α,β-unsaturated/α-hetero) is 1. The Balaban J connectivity index is 2.05. The summed E-state index contributed by atoms with van der Waals surface area (Å²) in [6.45, 7) is 13.0. The van der Waals surface area contributed by atoms with Crippen molar-refractivity contribution in [2.75, 3.05) is 0 Å². The molecule has 2 saturated carbocycles. The minimum Gasteiger partial charge on any atom is -0.481 e. The molecule has 0 aliphatic heterocycles. The van der Waals surface area contributed by atoms with Gasteiger partial charge in [0.2, 0.25) is 0 Å². The third-order valence-corrected chi connectivity index (χ3v) is 8.25. The van der Waals surface area contributed by atoms with Crippen molar-refractivity contribution in [3.63, 3.8) is 0 Å². The zero-order valence-corrected chi connectivity index (χ0v) is 16.2. The molecule has 0 heterocycles. The van der Waals surface area contributed by atoms with Gasteiger partial charge < -0.3 is 5.11 Å². The van der Waals surface area contributed by atoms with Crippen LogP contribution in [0.25, 0.3) is 0 Å². The van der Waals surface area contributed by atoms with E-state index in [1.807, 2.05) is 0 Å². The van der Waals surface area contributed by atoms with E-state index in [4.69, 9.17) is 0 Å². The molecule has 0 aromatic rings. The second-order valence-corrected chi connectivity index (χ2v) is 9.38. The van der Waals surface area contributed by atoms with Crippen molar-refractivity contribution >= 4 is 11.8 Å². The maximum absolute atomic E-state index is 12.6. The third-order valence-electron chi connectivity index (χ3n) is 8.25. The van der Waals surface area contributed by atoms with Gasteiger partial charge in [-0.3, -0.25) is 9.59 Å². The monoisotopic (exact) mass is 344 g/mol. The van der Waals surface area contributed by atoms with Gasteiger partial charge in [0.05, 0.1) is 0 Å². The van der Waals surface area contributed by atoms with Crippen molar-refractivity contribution in [1.82, 2.24) is 0 Å². The molecule has 0 radical (unpaired) electrons. The van der Waals surface area contributed by atoms with E-state index in [2.05, 4.69) is 40.3 Å². The average Bonchev–Trinajstić information content (AvgIpc) is 2.77. The Labute approximate surface area is 151 Å². The highest BCUT2D eigenvalue weighted by Crippen LogP contribution is 2.67. The van der Waals surface area contributed by atoms with Gasteiger partial charge in [-0.1, -0.05) is 44.6 Å². The molecular formula is C22H32O3. The molecule has 0 saturated heterocycles. The predicted molar refractivity (Wildman–Crippen MR) is 99.2 cm³/mol. The second kappa shape index (κ2) is 5.82. The standard InChI is InChI=1S/C22H32O3/c1-14(2)15-6-7-17-16(20(15,3)11-10-19(24)25)8-12-22(5)18(23)9-13-21(17,22)4/h8,15,17H,1,6-7,9-13H2,2-5H3,(H,24,25)/t15?,17?,20-,21-,22+/m0/s1. The first kappa shape index (κ1) is 18.4. The number of hydrogen-bond acceptors (Lipinski definition) is 2. The van der Waals surface area contributed by atoms with Crippen LogP contribution in [0.15, 0.2) is 23.8 Å². The predicted octanol–water partition coefficient (Wildman–Crippen LogP) is 5.17. The highest BCUT2D eigenvalue weighted by atomic mass is 16.4. The Hall–Kier alpha value is -1.38. The van der Waals surface area contributed by atoms with Gasteiger partial charge in [-0.05, 0) is 61.7 Å². The summed E-state index contributed by atoms with van der Waals surface area (Å²) in [5.74, 6) is 0.415. The zero-order chi connectivity index (χ0) is 18.6. The number of carbonyl (C=O) groups excluding carboxylic acids is 1. The Kier molecular flexibility index (Phi) is 4.29. The number of rotatable bonds is 4. The lowest BCUT2D eigenvalue weighted by Gasteiger charge is -2.58. The molecule has 2 fully saturated rings. The lowest BCUT2D eigenvalue weighted by Crippen LogP contribution is -2.51. The first-order chi connectivity index (χ1) is 11.6. The van der Waals surface area contributed by atoms with Gasteiger partial charge in [0, 0.05) is 18.3 Å². The molecule has 2 unspecified atom stereocenters. The molecule has 25 heavy (non-hydrogen) atoms. The topological polar surface area (TPSA) is 54.4 Å². The lowest BCUT2D eigenvalue weighted by atomic mass is 9.46. The minimum atomic E-state index is -0.729. The van der Waals surface area contributed by atoms with Crippen LogP contribution in [0.4, 0.5) is 0 Å². The van der Waals surface area contributed by atoms with Crippen LogP contribution in [0.3, 0.4) is 0 Å². The molecule has 5 atom stereocenters. The summed E-state index contributed by atoms with van der Waals surface area (Å²) in [5.41, 5.74) is 2.20. The van der Waals surface area contributed by atoms with E-state index in [0.29, 0.717) is 30.5 Å². The number of aliphatic carboxylic acids is 1. The normalized spacial score (nSPS) is 43.2. The summed E-state index contributed by atoms with van der Waals surface area (Å²) in [5, 5.41) is 9.27. The molecule has 0 bridgehead atoms. The van der Waals surface area contributed by atoms with E-state index in [1.165, 1.54) is 5.57 Å². The van der Waals surface area contributed by atoms with Crippen molar-refractivity contribution in [3.8, 4) is 0 Å². The summed E-state index contributed by atoms with van der Waals surface area (Å²) in [4.78, 5) is 23.9. The Morgan fingerprint density at radius 1 is 1.32 bits per heavy atom. The van der Waals surface area contributed by atoms with E-state index >= 15 is 0 Å². The molecule has 0 aromatic heterocycles. The van der Waals surface area contributed by atoms with Gasteiger partial charge in [0.25, 0.3) is 0 Å². The SMILES string of the molecule is C=C(C)C1CCC2C(=CC[C@]3(C)C(=O)CC[C@@]23C)[C@@]1(C)CCC(=O)O. The number of carbonyl (C=O) groups is 2. The van der Waals surface area contributed by atoms with Crippen molar-refractivity contribution in [2.45, 2.75) is 72.6 Å². The van der Waals surface area contributed by atoms with Gasteiger partial charge in [-0.15, -0.1) is 0 Å². The first-order valence-electron chi connectivity index (χ1n) is 9.67. The van der Waals surface area contributed by atoms with Crippen LogP contribution < -0.4 is 0 Å². The number of fused-ring (bicyclic) bond motifs is 3. The van der Waals surface area contributed by atoms with Crippen LogP contribution >= 0.6 is 0 Å². The Morgan fingerprint density at radius 3 is 2.60 bits per heavy atom. The summed E-state index contributed by atoms with van der Waals surface area (Å²) in [6, 6.07) is 0. The van der Waals surface area contributed by atoms with Gasteiger partial charge in [0.1, 0.15) is 5.78 Å². The van der Waals surface area contributed by atoms with Crippen LogP contribution in [0, 0.1) is 28.1 Å². The molecule has 3 aliphatic carbocycles. The number of ketones is 1. The second-order valence-electron chi connectivity index (χ2n) is 9.38. The average molecular weight is 344 g/mol. The largest absolute Gasteiger partial charge is 0.481 e. The van der Waals surface area contributed by atoms with Gasteiger partial charge in [-0.2, -0.15) is 0 Å². The summed E-state index contributed by atoms with van der Waals surface area (Å²) in [7, 11) is 0.